The van der Waals surface area contributed by atoms with Crippen molar-refractivity contribution in [1.29, 1.82) is 0 Å². The van der Waals surface area contributed by atoms with E-state index in [1.165, 1.54) is 6.42 Å². The van der Waals surface area contributed by atoms with Crippen molar-refractivity contribution in [2.24, 2.45) is 11.7 Å². The Bertz CT molecular complexity index is 500. The summed E-state index contributed by atoms with van der Waals surface area (Å²) in [4.78, 5) is 10.4. The average Bonchev–Trinajstić information content (AvgIpc) is 2.82. The molecule has 18 heavy (non-hydrogen) atoms. The molecule has 0 amide bonds. The first-order chi connectivity index (χ1) is 8.78. The largest absolute Gasteiger partial charge is 0.338 e. The molecule has 3 rings (SSSR count). The molecule has 1 aliphatic rings. The normalized spacial score (nSPS) is 24.7. The van der Waals surface area contributed by atoms with Gasteiger partial charge in [0, 0.05) is 19.1 Å². The summed E-state index contributed by atoms with van der Waals surface area (Å²) < 4.78 is 0. The number of nitrogens with zero attached hydrogens (tertiary/aromatic N) is 2. The Balaban J connectivity index is 1.92. The van der Waals surface area contributed by atoms with E-state index in [0.717, 1.165) is 35.9 Å². The third-order valence-electron chi connectivity index (χ3n) is 3.90. The SMILES string of the molecule is CC1CCN(c2nc3ccccc3[nH]2)C(CN)C1. The van der Waals surface area contributed by atoms with Crippen molar-refractivity contribution in [3.63, 3.8) is 0 Å². The molecule has 1 aromatic heterocycles. The van der Waals surface area contributed by atoms with Crippen LogP contribution in [0.25, 0.3) is 11.0 Å². The van der Waals surface area contributed by atoms with Gasteiger partial charge in [0.2, 0.25) is 5.95 Å². The van der Waals surface area contributed by atoms with Crippen LogP contribution in [0.15, 0.2) is 24.3 Å². The zero-order valence-corrected chi connectivity index (χ0v) is 10.8. The molecule has 0 aliphatic carbocycles. The van der Waals surface area contributed by atoms with E-state index < -0.39 is 0 Å². The summed E-state index contributed by atoms with van der Waals surface area (Å²) in [5.74, 6) is 1.73. The monoisotopic (exact) mass is 244 g/mol. The van der Waals surface area contributed by atoms with E-state index in [1.54, 1.807) is 0 Å². The second-order valence-corrected chi connectivity index (χ2v) is 5.29. The van der Waals surface area contributed by atoms with Crippen LogP contribution in [-0.4, -0.2) is 29.1 Å². The highest BCUT2D eigenvalue weighted by atomic mass is 15.3. The van der Waals surface area contributed by atoms with Crippen LogP contribution in [0.2, 0.25) is 0 Å². The molecular formula is C14H20N4. The third-order valence-corrected chi connectivity index (χ3v) is 3.90. The van der Waals surface area contributed by atoms with Gasteiger partial charge in [0.1, 0.15) is 0 Å². The Hall–Kier alpha value is -1.55. The molecule has 3 N–H and O–H groups in total. The van der Waals surface area contributed by atoms with E-state index in [0.29, 0.717) is 12.6 Å². The minimum atomic E-state index is 0.411. The number of benzene rings is 1. The standard InChI is InChI=1S/C14H20N4/c1-10-6-7-18(11(8-10)9-15)14-16-12-4-2-3-5-13(12)17-14/h2-5,10-11H,6-9,15H2,1H3,(H,16,17). The molecule has 2 unspecified atom stereocenters. The highest BCUT2D eigenvalue weighted by Crippen LogP contribution is 2.27. The first kappa shape index (κ1) is 11.5. The Morgan fingerprint density at radius 3 is 3.06 bits per heavy atom. The predicted octanol–water partition coefficient (Wildman–Crippen LogP) is 2.13. The number of H-pyrrole nitrogens is 1. The van der Waals surface area contributed by atoms with Crippen molar-refractivity contribution in [3.8, 4) is 0 Å². The Morgan fingerprint density at radius 2 is 2.28 bits per heavy atom. The van der Waals surface area contributed by atoms with Gasteiger partial charge in [0.15, 0.2) is 0 Å². The van der Waals surface area contributed by atoms with Gasteiger partial charge in [0.05, 0.1) is 11.0 Å². The van der Waals surface area contributed by atoms with E-state index in [2.05, 4.69) is 27.9 Å². The zero-order chi connectivity index (χ0) is 12.5. The molecule has 1 fully saturated rings. The number of piperidine rings is 1. The molecule has 2 atom stereocenters. The number of fused-ring (bicyclic) bond motifs is 1. The summed E-state index contributed by atoms with van der Waals surface area (Å²) in [6.07, 6.45) is 2.38. The number of para-hydroxylation sites is 2. The summed E-state index contributed by atoms with van der Waals surface area (Å²) in [6.45, 7) is 4.04. The second kappa shape index (κ2) is 4.61. The smallest absolute Gasteiger partial charge is 0.204 e. The number of nitrogens with one attached hydrogen (secondary N) is 1. The van der Waals surface area contributed by atoms with E-state index in [4.69, 9.17) is 5.73 Å². The van der Waals surface area contributed by atoms with E-state index >= 15 is 0 Å². The molecule has 1 aliphatic heterocycles. The first-order valence-electron chi connectivity index (χ1n) is 6.69. The molecule has 1 aromatic carbocycles. The molecule has 0 radical (unpaired) electrons. The minimum Gasteiger partial charge on any atom is -0.338 e. The van der Waals surface area contributed by atoms with Crippen molar-refractivity contribution in [3.05, 3.63) is 24.3 Å². The number of aromatic nitrogens is 2. The number of hydrogen-bond donors (Lipinski definition) is 2. The summed E-state index contributed by atoms with van der Waals surface area (Å²) in [5.41, 5.74) is 8.03. The van der Waals surface area contributed by atoms with Crippen molar-refractivity contribution < 1.29 is 0 Å². The number of hydrogen-bond acceptors (Lipinski definition) is 3. The average molecular weight is 244 g/mol. The van der Waals surface area contributed by atoms with E-state index in [9.17, 15) is 0 Å². The summed E-state index contributed by atoms with van der Waals surface area (Å²) in [7, 11) is 0. The lowest BCUT2D eigenvalue weighted by atomic mass is 9.93. The summed E-state index contributed by atoms with van der Waals surface area (Å²) in [6, 6.07) is 8.57. The van der Waals surface area contributed by atoms with E-state index in [1.807, 2.05) is 18.2 Å². The Labute approximate surface area is 107 Å². The third kappa shape index (κ3) is 1.97. The van der Waals surface area contributed by atoms with E-state index in [-0.39, 0.29) is 0 Å². The highest BCUT2D eigenvalue weighted by Gasteiger charge is 2.27. The lowest BCUT2D eigenvalue weighted by Crippen LogP contribution is -2.46. The van der Waals surface area contributed by atoms with Crippen LogP contribution in [0.4, 0.5) is 5.95 Å². The fourth-order valence-corrected chi connectivity index (χ4v) is 2.83. The Kier molecular flexibility index (Phi) is 2.96. The maximum Gasteiger partial charge on any atom is 0.204 e. The van der Waals surface area contributed by atoms with Gasteiger partial charge in [-0.2, -0.15) is 0 Å². The van der Waals surface area contributed by atoms with Crippen LogP contribution in [0.5, 0.6) is 0 Å². The van der Waals surface area contributed by atoms with Gasteiger partial charge in [-0.3, -0.25) is 0 Å². The molecule has 4 heteroatoms. The molecule has 1 saturated heterocycles. The van der Waals surface area contributed by atoms with Crippen LogP contribution in [0.1, 0.15) is 19.8 Å². The topological polar surface area (TPSA) is 57.9 Å². The number of rotatable bonds is 2. The molecule has 4 nitrogen and oxygen atoms in total. The quantitative estimate of drug-likeness (QED) is 0.850. The molecule has 96 valence electrons. The minimum absolute atomic E-state index is 0.411. The van der Waals surface area contributed by atoms with Crippen LogP contribution < -0.4 is 10.6 Å². The van der Waals surface area contributed by atoms with Crippen LogP contribution in [0, 0.1) is 5.92 Å². The maximum absolute atomic E-state index is 5.90. The summed E-state index contributed by atoms with van der Waals surface area (Å²) >= 11 is 0. The van der Waals surface area contributed by atoms with Gasteiger partial charge >= 0.3 is 0 Å². The predicted molar refractivity (Wildman–Crippen MR) is 74.7 cm³/mol. The van der Waals surface area contributed by atoms with Gasteiger partial charge < -0.3 is 15.6 Å². The van der Waals surface area contributed by atoms with Crippen LogP contribution >= 0.6 is 0 Å². The fraction of sp³-hybridized carbons (Fsp3) is 0.500. The molecule has 2 aromatic rings. The number of aromatic amines is 1. The van der Waals surface area contributed by atoms with Gasteiger partial charge in [-0.05, 0) is 30.9 Å². The number of imidazole rings is 1. The van der Waals surface area contributed by atoms with Crippen molar-refractivity contribution >= 4 is 17.0 Å². The van der Waals surface area contributed by atoms with Crippen LogP contribution in [-0.2, 0) is 0 Å². The highest BCUT2D eigenvalue weighted by molar-refractivity contribution is 5.77. The molecule has 0 saturated carbocycles. The van der Waals surface area contributed by atoms with Gasteiger partial charge in [0.25, 0.3) is 0 Å². The maximum atomic E-state index is 5.90. The molecule has 2 heterocycles. The zero-order valence-electron chi connectivity index (χ0n) is 10.8. The van der Waals surface area contributed by atoms with Crippen LogP contribution in [0.3, 0.4) is 0 Å². The lowest BCUT2D eigenvalue weighted by molar-refractivity contribution is 0.363. The van der Waals surface area contributed by atoms with Gasteiger partial charge in [-0.25, -0.2) is 4.98 Å². The van der Waals surface area contributed by atoms with Crippen molar-refractivity contribution in [2.75, 3.05) is 18.0 Å². The fourth-order valence-electron chi connectivity index (χ4n) is 2.83. The van der Waals surface area contributed by atoms with Gasteiger partial charge in [-0.15, -0.1) is 0 Å². The number of nitrogens with two attached hydrogens (primary N) is 1. The lowest BCUT2D eigenvalue weighted by Gasteiger charge is -2.37. The van der Waals surface area contributed by atoms with Crippen molar-refractivity contribution in [2.45, 2.75) is 25.8 Å². The summed E-state index contributed by atoms with van der Waals surface area (Å²) in [5, 5.41) is 0. The Morgan fingerprint density at radius 1 is 1.44 bits per heavy atom. The number of anilines is 1. The molecule has 0 bridgehead atoms. The van der Waals surface area contributed by atoms with Gasteiger partial charge in [-0.1, -0.05) is 19.1 Å². The second-order valence-electron chi connectivity index (χ2n) is 5.29. The molecular weight excluding hydrogens is 224 g/mol. The van der Waals surface area contributed by atoms with Crippen molar-refractivity contribution in [1.82, 2.24) is 9.97 Å². The first-order valence-corrected chi connectivity index (χ1v) is 6.69. The molecule has 0 spiro atoms.